The number of aryl methyl sites for hydroxylation is 2. The number of hydrogen-bond donors (Lipinski definition) is 2. The van der Waals surface area contributed by atoms with Crippen LogP contribution in [0.25, 0.3) is 0 Å². The van der Waals surface area contributed by atoms with Crippen molar-refractivity contribution in [2.75, 3.05) is 13.6 Å². The second-order valence-electron chi connectivity index (χ2n) is 7.73. The van der Waals surface area contributed by atoms with E-state index in [0.717, 1.165) is 31.0 Å². The summed E-state index contributed by atoms with van der Waals surface area (Å²) in [6.07, 6.45) is 2.06. The molecule has 0 saturated carbocycles. The zero-order valence-corrected chi connectivity index (χ0v) is 20.7. The van der Waals surface area contributed by atoms with Crippen LogP contribution in [0, 0.1) is 19.8 Å². The van der Waals surface area contributed by atoms with Gasteiger partial charge in [-0.3, -0.25) is 9.67 Å². The SMILES string of the molecule is CN=C(NCCc1c(C)nn(C)c1C)NC(C)c1ccc(CC(C)C)cc1.I. The molecule has 2 N–H and O–H groups in total. The molecule has 0 aliphatic rings. The van der Waals surface area contributed by atoms with E-state index in [-0.39, 0.29) is 30.0 Å². The third kappa shape index (κ3) is 6.79. The summed E-state index contributed by atoms with van der Waals surface area (Å²) in [6, 6.07) is 9.09. The van der Waals surface area contributed by atoms with Crippen molar-refractivity contribution >= 4 is 29.9 Å². The molecule has 1 heterocycles. The molecule has 0 amide bonds. The quantitative estimate of drug-likeness (QED) is 0.340. The van der Waals surface area contributed by atoms with Crippen LogP contribution < -0.4 is 10.6 Å². The summed E-state index contributed by atoms with van der Waals surface area (Å²) < 4.78 is 1.95. The number of aromatic nitrogens is 2. The summed E-state index contributed by atoms with van der Waals surface area (Å²) in [5.74, 6) is 1.51. The Morgan fingerprint density at radius 2 is 1.79 bits per heavy atom. The van der Waals surface area contributed by atoms with Crippen molar-refractivity contribution in [2.24, 2.45) is 18.0 Å². The molecule has 6 heteroatoms. The first-order valence-electron chi connectivity index (χ1n) is 9.86. The number of nitrogens with zero attached hydrogens (tertiary/aromatic N) is 3. The lowest BCUT2D eigenvalue weighted by atomic mass is 10.00. The van der Waals surface area contributed by atoms with Crippen LogP contribution in [0.15, 0.2) is 29.3 Å². The van der Waals surface area contributed by atoms with Crippen molar-refractivity contribution in [3.63, 3.8) is 0 Å². The largest absolute Gasteiger partial charge is 0.356 e. The van der Waals surface area contributed by atoms with Crippen LogP contribution in [0.5, 0.6) is 0 Å². The Bertz CT molecular complexity index is 762. The van der Waals surface area contributed by atoms with E-state index in [1.807, 2.05) is 18.8 Å². The molecule has 1 aromatic carbocycles. The van der Waals surface area contributed by atoms with Crippen LogP contribution >= 0.6 is 24.0 Å². The minimum Gasteiger partial charge on any atom is -0.356 e. The van der Waals surface area contributed by atoms with Crippen molar-refractivity contribution < 1.29 is 0 Å². The molecule has 0 bridgehead atoms. The van der Waals surface area contributed by atoms with Crippen molar-refractivity contribution in [1.82, 2.24) is 20.4 Å². The van der Waals surface area contributed by atoms with E-state index in [9.17, 15) is 0 Å². The predicted octanol–water partition coefficient (Wildman–Crippen LogP) is 4.32. The van der Waals surface area contributed by atoms with E-state index >= 15 is 0 Å². The highest BCUT2D eigenvalue weighted by molar-refractivity contribution is 14.0. The summed E-state index contributed by atoms with van der Waals surface area (Å²) in [6.45, 7) is 11.7. The monoisotopic (exact) mass is 497 g/mol. The fraction of sp³-hybridized carbons (Fsp3) is 0.545. The Balaban J connectivity index is 0.00000392. The summed E-state index contributed by atoms with van der Waals surface area (Å²) in [5.41, 5.74) is 6.31. The number of rotatable bonds is 7. The van der Waals surface area contributed by atoms with Crippen LogP contribution in [0.1, 0.15) is 54.9 Å². The van der Waals surface area contributed by atoms with Gasteiger partial charge < -0.3 is 10.6 Å². The zero-order chi connectivity index (χ0) is 20.0. The minimum absolute atomic E-state index is 0. The van der Waals surface area contributed by atoms with Crippen molar-refractivity contribution in [1.29, 1.82) is 0 Å². The Morgan fingerprint density at radius 1 is 1.14 bits per heavy atom. The molecule has 2 aromatic rings. The van der Waals surface area contributed by atoms with Crippen molar-refractivity contribution in [3.8, 4) is 0 Å². The number of halogens is 1. The molecule has 1 unspecified atom stereocenters. The molecular weight excluding hydrogens is 461 g/mol. The van der Waals surface area contributed by atoms with Crippen molar-refractivity contribution in [2.45, 2.75) is 53.5 Å². The number of benzene rings is 1. The Morgan fingerprint density at radius 3 is 2.29 bits per heavy atom. The summed E-state index contributed by atoms with van der Waals surface area (Å²) >= 11 is 0. The van der Waals surface area contributed by atoms with Gasteiger partial charge >= 0.3 is 0 Å². The molecule has 1 atom stereocenters. The molecule has 28 heavy (non-hydrogen) atoms. The molecule has 1 aromatic heterocycles. The van der Waals surface area contributed by atoms with Crippen molar-refractivity contribution in [3.05, 3.63) is 52.3 Å². The Kier molecular flexibility index (Phi) is 9.99. The third-order valence-electron chi connectivity index (χ3n) is 5.03. The minimum atomic E-state index is 0. The van der Waals surface area contributed by atoms with E-state index in [4.69, 9.17) is 0 Å². The molecule has 0 fully saturated rings. The first kappa shape index (κ1) is 24.5. The van der Waals surface area contributed by atoms with Gasteiger partial charge in [0.2, 0.25) is 0 Å². The topological polar surface area (TPSA) is 54.2 Å². The fourth-order valence-corrected chi connectivity index (χ4v) is 3.38. The highest BCUT2D eigenvalue weighted by Crippen LogP contribution is 2.16. The van der Waals surface area contributed by atoms with Gasteiger partial charge in [-0.05, 0) is 56.2 Å². The predicted molar refractivity (Wildman–Crippen MR) is 130 cm³/mol. The average molecular weight is 497 g/mol. The van der Waals surface area contributed by atoms with E-state index in [2.05, 4.69) is 79.6 Å². The first-order valence-corrected chi connectivity index (χ1v) is 9.86. The lowest BCUT2D eigenvalue weighted by molar-refractivity contribution is 0.645. The molecule has 5 nitrogen and oxygen atoms in total. The molecule has 156 valence electrons. The van der Waals surface area contributed by atoms with Crippen LogP contribution in [0.3, 0.4) is 0 Å². The summed E-state index contributed by atoms with van der Waals surface area (Å²) in [5, 5.41) is 11.4. The molecule has 0 aliphatic heterocycles. The fourth-order valence-electron chi connectivity index (χ4n) is 3.38. The maximum Gasteiger partial charge on any atom is 0.191 e. The van der Waals surface area contributed by atoms with Gasteiger partial charge in [-0.15, -0.1) is 24.0 Å². The highest BCUT2D eigenvalue weighted by Gasteiger charge is 2.11. The molecule has 0 radical (unpaired) electrons. The van der Waals surface area contributed by atoms with E-state index in [1.54, 1.807) is 0 Å². The lowest BCUT2D eigenvalue weighted by Gasteiger charge is -2.19. The van der Waals surface area contributed by atoms with Gasteiger partial charge in [0.25, 0.3) is 0 Å². The summed E-state index contributed by atoms with van der Waals surface area (Å²) in [7, 11) is 3.81. The summed E-state index contributed by atoms with van der Waals surface area (Å²) in [4.78, 5) is 4.37. The lowest BCUT2D eigenvalue weighted by Crippen LogP contribution is -2.39. The smallest absolute Gasteiger partial charge is 0.191 e. The molecular formula is C22H36IN5. The maximum absolute atomic E-state index is 4.48. The second kappa shape index (κ2) is 11.4. The number of guanidine groups is 1. The normalized spacial score (nSPS) is 12.6. The van der Waals surface area contributed by atoms with Crippen LogP contribution in [0.4, 0.5) is 0 Å². The van der Waals surface area contributed by atoms with Gasteiger partial charge in [0, 0.05) is 26.3 Å². The number of aliphatic imine (C=N–C) groups is 1. The van der Waals surface area contributed by atoms with Crippen LogP contribution in [-0.2, 0) is 19.9 Å². The van der Waals surface area contributed by atoms with E-state index in [1.165, 1.54) is 22.4 Å². The third-order valence-corrected chi connectivity index (χ3v) is 5.03. The molecule has 2 rings (SSSR count). The Labute approximate surface area is 187 Å². The second-order valence-corrected chi connectivity index (χ2v) is 7.73. The maximum atomic E-state index is 4.48. The van der Waals surface area contributed by atoms with Gasteiger partial charge in [-0.2, -0.15) is 5.10 Å². The molecule has 0 aliphatic carbocycles. The number of nitrogens with one attached hydrogen (secondary N) is 2. The van der Waals surface area contributed by atoms with Gasteiger partial charge in [0.05, 0.1) is 11.7 Å². The van der Waals surface area contributed by atoms with Crippen LogP contribution in [0.2, 0.25) is 0 Å². The highest BCUT2D eigenvalue weighted by atomic mass is 127. The van der Waals surface area contributed by atoms with Gasteiger partial charge in [-0.25, -0.2) is 0 Å². The van der Waals surface area contributed by atoms with E-state index in [0.29, 0.717) is 5.92 Å². The first-order chi connectivity index (χ1) is 12.8. The van der Waals surface area contributed by atoms with Gasteiger partial charge in [0.1, 0.15) is 0 Å². The average Bonchev–Trinajstić information content (AvgIpc) is 2.86. The van der Waals surface area contributed by atoms with Gasteiger partial charge in [0.15, 0.2) is 5.96 Å². The Hall–Kier alpha value is -1.57. The zero-order valence-electron chi connectivity index (χ0n) is 18.3. The van der Waals surface area contributed by atoms with Gasteiger partial charge in [-0.1, -0.05) is 38.1 Å². The molecule has 0 saturated heterocycles. The molecule has 0 spiro atoms. The van der Waals surface area contributed by atoms with E-state index < -0.39 is 0 Å². The van der Waals surface area contributed by atoms with Crippen LogP contribution in [-0.4, -0.2) is 29.3 Å². The number of hydrogen-bond acceptors (Lipinski definition) is 2. The standard InChI is InChI=1S/C22H35N5.HI/c1-15(2)14-19-8-10-20(11-9-19)16(3)25-22(23-6)24-13-12-21-17(4)26-27(7)18(21)5;/h8-11,15-16H,12-14H2,1-7H3,(H2,23,24,25);1H.